The molecule has 2 N–H and O–H groups in total. The lowest BCUT2D eigenvalue weighted by molar-refractivity contribution is -0.122. The first kappa shape index (κ1) is 14.8. The molecule has 1 atom stereocenters. The fourth-order valence-corrected chi connectivity index (χ4v) is 2.18. The van der Waals surface area contributed by atoms with Crippen molar-refractivity contribution in [1.82, 2.24) is 0 Å². The maximum atomic E-state index is 11.9. The summed E-state index contributed by atoms with van der Waals surface area (Å²) in [5.74, 6) is 0.576. The molecule has 0 radical (unpaired) electrons. The van der Waals surface area contributed by atoms with Crippen molar-refractivity contribution >= 4 is 11.6 Å². The number of carbonyl (C=O) groups excluding carboxylic acids is 1. The van der Waals surface area contributed by atoms with Gasteiger partial charge in [0, 0.05) is 13.2 Å². The van der Waals surface area contributed by atoms with E-state index in [0.29, 0.717) is 5.75 Å². The van der Waals surface area contributed by atoms with Crippen LogP contribution in [0.2, 0.25) is 0 Å². The fraction of sp³-hybridized carbons (Fsp3) is 0.533. The van der Waals surface area contributed by atoms with E-state index in [2.05, 4.69) is 20.8 Å². The molecule has 0 fully saturated rings. The van der Waals surface area contributed by atoms with E-state index in [1.165, 1.54) is 0 Å². The summed E-state index contributed by atoms with van der Waals surface area (Å²) in [5.41, 5.74) is 7.93. The molecule has 1 heterocycles. The molecule has 0 aliphatic carbocycles. The minimum atomic E-state index is -0.116. The highest BCUT2D eigenvalue weighted by Gasteiger charge is 2.28. The second-order valence-corrected chi connectivity index (χ2v) is 6.10. The molecule has 110 valence electrons. The van der Waals surface area contributed by atoms with E-state index in [1.54, 1.807) is 12.0 Å². The van der Waals surface area contributed by atoms with Crippen LogP contribution < -0.4 is 15.4 Å². The number of fused-ring (bicyclic) bond motifs is 1. The van der Waals surface area contributed by atoms with Crippen molar-refractivity contribution in [3.8, 4) is 5.75 Å². The van der Waals surface area contributed by atoms with Gasteiger partial charge in [-0.2, -0.15) is 0 Å². The molecule has 0 aromatic heterocycles. The first-order valence-corrected chi connectivity index (χ1v) is 6.66. The number of hydrogen-bond donors (Lipinski definition) is 1. The largest absolute Gasteiger partial charge is 0.482 e. The number of ether oxygens (including phenoxy) is 2. The zero-order valence-corrected chi connectivity index (χ0v) is 12.5. The Balaban J connectivity index is 2.40. The van der Waals surface area contributed by atoms with Gasteiger partial charge < -0.3 is 15.2 Å². The fourth-order valence-electron chi connectivity index (χ4n) is 2.18. The van der Waals surface area contributed by atoms with Gasteiger partial charge in [0.15, 0.2) is 6.61 Å². The van der Waals surface area contributed by atoms with Gasteiger partial charge in [0.25, 0.3) is 5.91 Å². The lowest BCUT2D eigenvalue weighted by atomic mass is 9.83. The third-order valence-corrected chi connectivity index (χ3v) is 3.48. The van der Waals surface area contributed by atoms with Gasteiger partial charge in [0.05, 0.1) is 5.69 Å². The molecule has 1 unspecified atom stereocenters. The molecule has 1 aromatic rings. The van der Waals surface area contributed by atoms with Gasteiger partial charge in [-0.1, -0.05) is 26.8 Å². The summed E-state index contributed by atoms with van der Waals surface area (Å²) in [6.07, 6.45) is 0. The van der Waals surface area contributed by atoms with Crippen molar-refractivity contribution in [3.05, 3.63) is 23.8 Å². The summed E-state index contributed by atoms with van der Waals surface area (Å²) in [5, 5.41) is 0. The van der Waals surface area contributed by atoms with E-state index in [-0.39, 0.29) is 30.7 Å². The maximum absolute atomic E-state index is 11.9. The second kappa shape index (κ2) is 5.42. The van der Waals surface area contributed by atoms with E-state index < -0.39 is 0 Å². The molecule has 5 heteroatoms. The number of rotatable bonds is 3. The first-order valence-electron chi connectivity index (χ1n) is 6.66. The van der Waals surface area contributed by atoms with E-state index in [0.717, 1.165) is 11.3 Å². The van der Waals surface area contributed by atoms with Crippen LogP contribution in [0, 0.1) is 5.41 Å². The SMILES string of the molecule is COCN1C(=O)COc2ccc(C(N)C(C)(C)C)cc21. The van der Waals surface area contributed by atoms with Crippen molar-refractivity contribution in [2.24, 2.45) is 11.1 Å². The van der Waals surface area contributed by atoms with Crippen molar-refractivity contribution in [2.75, 3.05) is 25.3 Å². The average Bonchev–Trinajstić information content (AvgIpc) is 2.40. The lowest BCUT2D eigenvalue weighted by Gasteiger charge is -2.32. The Labute approximate surface area is 119 Å². The van der Waals surface area contributed by atoms with Crippen molar-refractivity contribution in [2.45, 2.75) is 26.8 Å². The molecule has 1 amide bonds. The van der Waals surface area contributed by atoms with Gasteiger partial charge in [-0.25, -0.2) is 0 Å². The minimum Gasteiger partial charge on any atom is -0.482 e. The van der Waals surface area contributed by atoms with Gasteiger partial charge in [0.1, 0.15) is 12.5 Å². The molecule has 0 bridgehead atoms. The zero-order valence-electron chi connectivity index (χ0n) is 12.5. The Hall–Kier alpha value is -1.59. The van der Waals surface area contributed by atoms with Crippen LogP contribution in [0.3, 0.4) is 0 Å². The number of nitrogens with zero attached hydrogens (tertiary/aromatic N) is 1. The van der Waals surface area contributed by atoms with Crippen LogP contribution >= 0.6 is 0 Å². The Morgan fingerprint density at radius 1 is 1.45 bits per heavy atom. The van der Waals surface area contributed by atoms with E-state index in [1.807, 2.05) is 18.2 Å². The number of hydrogen-bond acceptors (Lipinski definition) is 4. The van der Waals surface area contributed by atoms with Crippen molar-refractivity contribution < 1.29 is 14.3 Å². The molecule has 0 spiro atoms. The van der Waals surface area contributed by atoms with Gasteiger partial charge in [0.2, 0.25) is 0 Å². The number of methoxy groups -OCH3 is 1. The second-order valence-electron chi connectivity index (χ2n) is 6.10. The molecular weight excluding hydrogens is 256 g/mol. The number of anilines is 1. The van der Waals surface area contributed by atoms with Gasteiger partial charge in [-0.05, 0) is 23.1 Å². The number of amides is 1. The minimum absolute atomic E-state index is 0.0427. The summed E-state index contributed by atoms with van der Waals surface area (Å²) in [6.45, 7) is 6.52. The molecule has 5 nitrogen and oxygen atoms in total. The number of benzene rings is 1. The molecule has 1 aromatic carbocycles. The van der Waals surface area contributed by atoms with Crippen LogP contribution in [0.1, 0.15) is 32.4 Å². The summed E-state index contributed by atoms with van der Waals surface area (Å²) < 4.78 is 10.5. The van der Waals surface area contributed by atoms with Crippen LogP contribution in [0.5, 0.6) is 5.75 Å². The maximum Gasteiger partial charge on any atom is 0.266 e. The van der Waals surface area contributed by atoms with Crippen LogP contribution in [0.4, 0.5) is 5.69 Å². The van der Waals surface area contributed by atoms with Crippen LogP contribution in [-0.4, -0.2) is 26.4 Å². The Bertz CT molecular complexity index is 508. The monoisotopic (exact) mass is 278 g/mol. The number of carbonyl (C=O) groups is 1. The Morgan fingerprint density at radius 2 is 2.15 bits per heavy atom. The molecule has 2 rings (SSSR count). The number of nitrogens with two attached hydrogens (primary N) is 1. The molecule has 0 saturated heterocycles. The molecular formula is C15H22N2O3. The highest BCUT2D eigenvalue weighted by Crippen LogP contribution is 2.37. The smallest absolute Gasteiger partial charge is 0.266 e. The summed E-state index contributed by atoms with van der Waals surface area (Å²) in [6, 6.07) is 5.62. The Morgan fingerprint density at radius 3 is 2.75 bits per heavy atom. The van der Waals surface area contributed by atoms with E-state index in [9.17, 15) is 4.79 Å². The highest BCUT2D eigenvalue weighted by molar-refractivity contribution is 5.97. The predicted molar refractivity (Wildman–Crippen MR) is 77.7 cm³/mol. The van der Waals surface area contributed by atoms with Gasteiger partial charge >= 0.3 is 0 Å². The quantitative estimate of drug-likeness (QED) is 0.919. The topological polar surface area (TPSA) is 64.8 Å². The predicted octanol–water partition coefficient (Wildman–Crippen LogP) is 2.06. The van der Waals surface area contributed by atoms with E-state index in [4.69, 9.17) is 15.2 Å². The third kappa shape index (κ3) is 2.78. The van der Waals surface area contributed by atoms with Crippen LogP contribution in [-0.2, 0) is 9.53 Å². The Kier molecular flexibility index (Phi) is 4.01. The van der Waals surface area contributed by atoms with Crippen LogP contribution in [0.15, 0.2) is 18.2 Å². The zero-order chi connectivity index (χ0) is 14.9. The van der Waals surface area contributed by atoms with E-state index >= 15 is 0 Å². The summed E-state index contributed by atoms with van der Waals surface area (Å²) >= 11 is 0. The summed E-state index contributed by atoms with van der Waals surface area (Å²) in [4.78, 5) is 13.5. The normalized spacial score (nSPS) is 16.6. The first-order chi connectivity index (χ1) is 9.34. The van der Waals surface area contributed by atoms with Crippen molar-refractivity contribution in [3.63, 3.8) is 0 Å². The molecule has 20 heavy (non-hydrogen) atoms. The van der Waals surface area contributed by atoms with Gasteiger partial charge in [-0.15, -0.1) is 0 Å². The lowest BCUT2D eigenvalue weighted by Crippen LogP contribution is -2.40. The standard InChI is InChI=1S/C15H22N2O3/c1-15(2,3)14(16)10-5-6-12-11(7-10)17(9-19-4)13(18)8-20-12/h5-7,14H,8-9,16H2,1-4H3. The molecule has 1 aliphatic heterocycles. The third-order valence-electron chi connectivity index (χ3n) is 3.48. The molecule has 0 saturated carbocycles. The average molecular weight is 278 g/mol. The highest BCUT2D eigenvalue weighted by atomic mass is 16.5. The van der Waals surface area contributed by atoms with Crippen LogP contribution in [0.25, 0.3) is 0 Å². The van der Waals surface area contributed by atoms with Crippen molar-refractivity contribution in [1.29, 1.82) is 0 Å². The van der Waals surface area contributed by atoms with Gasteiger partial charge in [-0.3, -0.25) is 9.69 Å². The summed E-state index contributed by atoms with van der Waals surface area (Å²) in [7, 11) is 1.56. The molecule has 1 aliphatic rings.